The van der Waals surface area contributed by atoms with Gasteiger partial charge < -0.3 is 20.5 Å². The molecule has 0 saturated heterocycles. The first-order chi connectivity index (χ1) is 16.9. The molecule has 0 aliphatic heterocycles. The molecule has 3 N–H and O–H groups in total. The predicted octanol–water partition coefficient (Wildman–Crippen LogP) is 4.46. The summed E-state index contributed by atoms with van der Waals surface area (Å²) in [6.45, 7) is 2.21. The third kappa shape index (κ3) is 3.97. The topological polar surface area (TPSA) is 105 Å². The number of rotatable bonds is 9. The van der Waals surface area contributed by atoms with Gasteiger partial charge in [0, 0.05) is 12.5 Å². The van der Waals surface area contributed by atoms with E-state index in [0.717, 1.165) is 41.5 Å². The molecule has 2 fully saturated rings. The van der Waals surface area contributed by atoms with E-state index in [-0.39, 0.29) is 30.4 Å². The van der Waals surface area contributed by atoms with Crippen LogP contribution in [-0.4, -0.2) is 42.3 Å². The lowest BCUT2D eigenvalue weighted by Gasteiger charge is -2.31. The summed E-state index contributed by atoms with van der Waals surface area (Å²) in [6, 6.07) is 15.5. The van der Waals surface area contributed by atoms with Crippen molar-refractivity contribution in [2.24, 2.45) is 10.8 Å². The maximum absolute atomic E-state index is 12.9. The molecule has 7 nitrogen and oxygen atoms in total. The number of hydrogen-bond acceptors (Lipinski definition) is 4. The normalized spacial score (nSPS) is 21.9. The lowest BCUT2D eigenvalue weighted by Crippen LogP contribution is -2.49. The highest BCUT2D eigenvalue weighted by atomic mass is 16.5. The van der Waals surface area contributed by atoms with Gasteiger partial charge in [-0.05, 0) is 53.4 Å². The number of aliphatic carboxylic acids is 1. The molecule has 2 aromatic carbocycles. The fraction of sp³-hybridized carbons (Fsp3) is 0.464. The minimum atomic E-state index is -0.860. The van der Waals surface area contributed by atoms with Gasteiger partial charge in [0.05, 0.1) is 5.41 Å². The third-order valence-corrected chi connectivity index (χ3v) is 8.34. The molecule has 2 unspecified atom stereocenters. The van der Waals surface area contributed by atoms with Crippen molar-refractivity contribution in [3.05, 3.63) is 59.7 Å². The van der Waals surface area contributed by atoms with Crippen LogP contribution in [0.5, 0.6) is 0 Å². The van der Waals surface area contributed by atoms with Gasteiger partial charge in [-0.25, -0.2) is 4.79 Å². The van der Waals surface area contributed by atoms with Crippen LogP contribution in [0.1, 0.15) is 62.5 Å². The molecule has 7 heteroatoms. The molecule has 0 radical (unpaired) electrons. The van der Waals surface area contributed by atoms with Gasteiger partial charge in [0.15, 0.2) is 0 Å². The Morgan fingerprint density at radius 1 is 1.06 bits per heavy atom. The lowest BCUT2D eigenvalue weighted by molar-refractivity contribution is -0.146. The first-order valence-corrected chi connectivity index (χ1v) is 12.5. The van der Waals surface area contributed by atoms with Crippen LogP contribution in [-0.2, 0) is 14.3 Å². The first kappa shape index (κ1) is 23.4. The molecule has 2 amide bonds. The third-order valence-electron chi connectivity index (χ3n) is 8.34. The van der Waals surface area contributed by atoms with Gasteiger partial charge in [-0.15, -0.1) is 0 Å². The number of carbonyl (C=O) groups excluding carboxylic acids is 2. The van der Waals surface area contributed by atoms with E-state index in [4.69, 9.17) is 4.74 Å². The van der Waals surface area contributed by atoms with E-state index < -0.39 is 23.5 Å². The Labute approximate surface area is 205 Å². The predicted molar refractivity (Wildman–Crippen MR) is 131 cm³/mol. The number of nitrogens with one attached hydrogen (secondary N) is 2. The number of amides is 2. The van der Waals surface area contributed by atoms with Gasteiger partial charge in [-0.2, -0.15) is 0 Å². The van der Waals surface area contributed by atoms with Crippen LogP contribution in [0, 0.1) is 10.8 Å². The van der Waals surface area contributed by atoms with Crippen LogP contribution in [0.4, 0.5) is 4.79 Å². The SMILES string of the molecule is CCCC(NC(=O)OCC1c2ccccc2-c2ccccc21)C(=O)NCC1(C(=O)O)CC12CCC2. The summed E-state index contributed by atoms with van der Waals surface area (Å²) >= 11 is 0. The van der Waals surface area contributed by atoms with Crippen LogP contribution in [0.25, 0.3) is 11.1 Å². The standard InChI is InChI=1S/C28H32N2O5/c1-2-8-23(24(31)29-17-28(25(32)33)16-27(28)13-7-14-27)30-26(34)35-15-22-20-11-5-3-9-18(20)19-10-4-6-12-21(19)22/h3-6,9-12,22-23H,2,7-8,13-17H2,1H3,(H,29,31)(H,30,34)(H,32,33). The zero-order valence-corrected chi connectivity index (χ0v) is 20.0. The van der Waals surface area contributed by atoms with E-state index in [9.17, 15) is 19.5 Å². The van der Waals surface area contributed by atoms with Crippen molar-refractivity contribution in [1.82, 2.24) is 10.6 Å². The van der Waals surface area contributed by atoms with E-state index in [1.165, 1.54) is 0 Å². The zero-order chi connectivity index (χ0) is 24.6. The van der Waals surface area contributed by atoms with Gasteiger partial charge in [0.1, 0.15) is 12.6 Å². The highest BCUT2D eigenvalue weighted by molar-refractivity contribution is 5.87. The minimum Gasteiger partial charge on any atom is -0.481 e. The van der Waals surface area contributed by atoms with Crippen molar-refractivity contribution in [2.45, 2.75) is 57.4 Å². The lowest BCUT2D eigenvalue weighted by atomic mass is 9.75. The molecule has 2 aromatic rings. The Kier molecular flexibility index (Phi) is 6.03. The van der Waals surface area contributed by atoms with Crippen LogP contribution in [0.3, 0.4) is 0 Å². The summed E-state index contributed by atoms with van der Waals surface area (Å²) < 4.78 is 5.60. The molecule has 0 bridgehead atoms. The number of carbonyl (C=O) groups is 3. The van der Waals surface area contributed by atoms with Gasteiger partial charge in [0.25, 0.3) is 0 Å². The van der Waals surface area contributed by atoms with Crippen molar-refractivity contribution in [1.29, 1.82) is 0 Å². The Hall–Kier alpha value is -3.35. The van der Waals surface area contributed by atoms with Gasteiger partial charge in [-0.1, -0.05) is 68.3 Å². The number of carboxylic acids is 1. The largest absolute Gasteiger partial charge is 0.481 e. The second-order valence-corrected chi connectivity index (χ2v) is 10.2. The molecule has 5 rings (SSSR count). The highest BCUT2D eigenvalue weighted by Gasteiger charge is 2.73. The molecular formula is C28H32N2O5. The smallest absolute Gasteiger partial charge is 0.407 e. The summed E-state index contributed by atoms with van der Waals surface area (Å²) in [7, 11) is 0. The van der Waals surface area contributed by atoms with Crippen LogP contribution >= 0.6 is 0 Å². The van der Waals surface area contributed by atoms with Gasteiger partial charge >= 0.3 is 12.1 Å². The molecule has 2 saturated carbocycles. The molecule has 3 aliphatic rings. The number of fused-ring (bicyclic) bond motifs is 3. The van der Waals surface area contributed by atoms with E-state index >= 15 is 0 Å². The summed E-state index contributed by atoms with van der Waals surface area (Å²) in [5, 5.41) is 15.3. The number of benzene rings is 2. The van der Waals surface area contributed by atoms with Gasteiger partial charge in [-0.3, -0.25) is 9.59 Å². The second-order valence-electron chi connectivity index (χ2n) is 10.2. The minimum absolute atomic E-state index is 0.0597. The van der Waals surface area contributed by atoms with Crippen LogP contribution in [0.2, 0.25) is 0 Å². The molecule has 0 aromatic heterocycles. The maximum Gasteiger partial charge on any atom is 0.407 e. The van der Waals surface area contributed by atoms with E-state index in [1.807, 2.05) is 31.2 Å². The molecule has 0 heterocycles. The average Bonchev–Trinajstić information content (AvgIpc) is 3.46. The number of hydrogen-bond donors (Lipinski definition) is 3. The Morgan fingerprint density at radius 2 is 1.69 bits per heavy atom. The van der Waals surface area contributed by atoms with Crippen molar-refractivity contribution >= 4 is 18.0 Å². The molecule has 2 atom stereocenters. The van der Waals surface area contributed by atoms with Crippen molar-refractivity contribution < 1.29 is 24.2 Å². The summed E-state index contributed by atoms with van der Waals surface area (Å²) in [5.74, 6) is -1.26. The molecule has 184 valence electrons. The Morgan fingerprint density at radius 3 is 2.20 bits per heavy atom. The van der Waals surface area contributed by atoms with E-state index in [1.54, 1.807) is 0 Å². The Bertz CT molecular complexity index is 1110. The number of carboxylic acid groups (broad SMARTS) is 1. The summed E-state index contributed by atoms with van der Waals surface area (Å²) in [4.78, 5) is 37.5. The first-order valence-electron chi connectivity index (χ1n) is 12.5. The van der Waals surface area contributed by atoms with Crippen molar-refractivity contribution in [3.63, 3.8) is 0 Å². The number of alkyl carbamates (subject to hydrolysis) is 1. The van der Waals surface area contributed by atoms with Gasteiger partial charge in [0.2, 0.25) is 5.91 Å². The summed E-state index contributed by atoms with van der Waals surface area (Å²) in [5.41, 5.74) is 3.54. The fourth-order valence-corrected chi connectivity index (χ4v) is 6.12. The Balaban J connectivity index is 1.19. The van der Waals surface area contributed by atoms with E-state index in [0.29, 0.717) is 19.3 Å². The van der Waals surface area contributed by atoms with Crippen LogP contribution in [0.15, 0.2) is 48.5 Å². The van der Waals surface area contributed by atoms with E-state index in [2.05, 4.69) is 34.9 Å². The van der Waals surface area contributed by atoms with Crippen molar-refractivity contribution in [2.75, 3.05) is 13.2 Å². The summed E-state index contributed by atoms with van der Waals surface area (Å²) in [6.07, 6.45) is 3.97. The zero-order valence-electron chi connectivity index (χ0n) is 20.0. The highest BCUT2D eigenvalue weighted by Crippen LogP contribution is 2.73. The maximum atomic E-state index is 12.9. The molecule has 1 spiro atoms. The molecular weight excluding hydrogens is 444 g/mol. The fourth-order valence-electron chi connectivity index (χ4n) is 6.12. The van der Waals surface area contributed by atoms with Crippen LogP contribution < -0.4 is 10.6 Å². The monoisotopic (exact) mass is 476 g/mol. The quantitative estimate of drug-likeness (QED) is 0.496. The second kappa shape index (κ2) is 9.02. The number of ether oxygens (including phenoxy) is 1. The van der Waals surface area contributed by atoms with Crippen molar-refractivity contribution in [3.8, 4) is 11.1 Å². The molecule has 35 heavy (non-hydrogen) atoms. The molecule has 3 aliphatic carbocycles. The average molecular weight is 477 g/mol.